The molecule has 0 saturated heterocycles. The molecule has 4 N–H and O–H groups in total. The zero-order valence-corrected chi connectivity index (χ0v) is 6.92. The van der Waals surface area contributed by atoms with Crippen molar-refractivity contribution in [1.29, 1.82) is 0 Å². The van der Waals surface area contributed by atoms with Crippen molar-refractivity contribution in [3.63, 3.8) is 0 Å². The number of nitrogens with zero attached hydrogens (tertiary/aromatic N) is 1. The fourth-order valence-electron chi connectivity index (χ4n) is 0.858. The second-order valence-corrected chi connectivity index (χ2v) is 2.35. The SMILES string of the molecule is COc1cc(N)c(N)nc1C(F)F. The van der Waals surface area contributed by atoms with Crippen LogP contribution in [0, 0.1) is 0 Å². The van der Waals surface area contributed by atoms with Crippen LogP contribution < -0.4 is 16.2 Å². The van der Waals surface area contributed by atoms with Gasteiger partial charge in [-0.3, -0.25) is 0 Å². The van der Waals surface area contributed by atoms with Gasteiger partial charge in [0.15, 0.2) is 5.69 Å². The lowest BCUT2D eigenvalue weighted by molar-refractivity contribution is 0.141. The lowest BCUT2D eigenvalue weighted by atomic mass is 10.3. The Hall–Kier alpha value is -1.59. The van der Waals surface area contributed by atoms with Crippen molar-refractivity contribution in [3.05, 3.63) is 11.8 Å². The van der Waals surface area contributed by atoms with Gasteiger partial charge in [-0.1, -0.05) is 0 Å². The van der Waals surface area contributed by atoms with E-state index in [2.05, 4.69) is 9.72 Å². The van der Waals surface area contributed by atoms with E-state index in [-0.39, 0.29) is 17.3 Å². The Bertz CT molecular complexity index is 317. The molecule has 0 radical (unpaired) electrons. The van der Waals surface area contributed by atoms with Gasteiger partial charge < -0.3 is 16.2 Å². The second kappa shape index (κ2) is 3.42. The van der Waals surface area contributed by atoms with Crippen molar-refractivity contribution in [3.8, 4) is 5.75 Å². The number of hydrogen-bond donors (Lipinski definition) is 2. The minimum Gasteiger partial charge on any atom is -0.495 e. The molecular formula is C7H9F2N3O. The topological polar surface area (TPSA) is 74.2 Å². The summed E-state index contributed by atoms with van der Waals surface area (Å²) >= 11 is 0. The number of methoxy groups -OCH3 is 1. The van der Waals surface area contributed by atoms with Crippen LogP contribution in [0.25, 0.3) is 0 Å². The van der Waals surface area contributed by atoms with E-state index in [1.54, 1.807) is 0 Å². The highest BCUT2D eigenvalue weighted by atomic mass is 19.3. The first-order valence-corrected chi connectivity index (χ1v) is 3.44. The van der Waals surface area contributed by atoms with E-state index in [1.165, 1.54) is 13.2 Å². The summed E-state index contributed by atoms with van der Waals surface area (Å²) in [6.45, 7) is 0. The molecule has 6 heteroatoms. The van der Waals surface area contributed by atoms with Crippen molar-refractivity contribution >= 4 is 11.5 Å². The number of hydrogen-bond acceptors (Lipinski definition) is 4. The molecule has 1 aromatic rings. The minimum absolute atomic E-state index is 0.0540. The van der Waals surface area contributed by atoms with Crippen LogP contribution in [0.5, 0.6) is 5.75 Å². The summed E-state index contributed by atoms with van der Waals surface area (Å²) in [4.78, 5) is 3.42. The number of nitrogens with two attached hydrogens (primary N) is 2. The third-order valence-electron chi connectivity index (χ3n) is 1.50. The van der Waals surface area contributed by atoms with Gasteiger partial charge in [0.05, 0.1) is 12.8 Å². The van der Waals surface area contributed by atoms with E-state index in [0.717, 1.165) is 0 Å². The molecule has 1 aromatic heterocycles. The maximum Gasteiger partial charge on any atom is 0.284 e. The molecule has 72 valence electrons. The normalized spacial score (nSPS) is 10.5. The predicted molar refractivity (Wildman–Crippen MR) is 44.6 cm³/mol. The first-order chi connectivity index (χ1) is 6.06. The monoisotopic (exact) mass is 189 g/mol. The van der Waals surface area contributed by atoms with E-state index in [1.807, 2.05) is 0 Å². The van der Waals surface area contributed by atoms with E-state index in [0.29, 0.717) is 0 Å². The van der Waals surface area contributed by atoms with Crippen LogP contribution >= 0.6 is 0 Å². The second-order valence-electron chi connectivity index (χ2n) is 2.35. The van der Waals surface area contributed by atoms with Crippen molar-refractivity contribution < 1.29 is 13.5 Å². The molecule has 0 bridgehead atoms. The summed E-state index contributed by atoms with van der Waals surface area (Å²) < 4.78 is 29.2. The lowest BCUT2D eigenvalue weighted by Crippen LogP contribution is -2.04. The van der Waals surface area contributed by atoms with Gasteiger partial charge in [-0.25, -0.2) is 13.8 Å². The fraction of sp³-hybridized carbons (Fsp3) is 0.286. The molecular weight excluding hydrogens is 180 g/mol. The molecule has 0 spiro atoms. The van der Waals surface area contributed by atoms with Crippen LogP contribution in [0.3, 0.4) is 0 Å². The highest BCUT2D eigenvalue weighted by Crippen LogP contribution is 2.30. The van der Waals surface area contributed by atoms with Crippen molar-refractivity contribution in [2.24, 2.45) is 0 Å². The lowest BCUT2D eigenvalue weighted by Gasteiger charge is -2.08. The maximum atomic E-state index is 12.3. The molecule has 1 heterocycles. The molecule has 0 saturated carbocycles. The quantitative estimate of drug-likeness (QED) is 0.732. The van der Waals surface area contributed by atoms with Gasteiger partial charge >= 0.3 is 0 Å². The smallest absolute Gasteiger partial charge is 0.284 e. The predicted octanol–water partition coefficient (Wildman–Crippen LogP) is 1.19. The van der Waals surface area contributed by atoms with Gasteiger partial charge in [-0.2, -0.15) is 0 Å². The minimum atomic E-state index is -2.72. The Morgan fingerprint density at radius 1 is 1.46 bits per heavy atom. The highest BCUT2D eigenvalue weighted by molar-refractivity contribution is 5.61. The van der Waals surface area contributed by atoms with Gasteiger partial charge in [0, 0.05) is 6.07 Å². The molecule has 0 aliphatic rings. The van der Waals surface area contributed by atoms with E-state index < -0.39 is 12.1 Å². The number of ether oxygens (including phenoxy) is 1. The Kier molecular flexibility index (Phi) is 2.50. The largest absolute Gasteiger partial charge is 0.495 e. The summed E-state index contributed by atoms with van der Waals surface area (Å²) in [5.41, 5.74) is 10.2. The van der Waals surface area contributed by atoms with Crippen LogP contribution in [0.1, 0.15) is 12.1 Å². The average molecular weight is 189 g/mol. The van der Waals surface area contributed by atoms with Crippen LogP contribution in [-0.2, 0) is 0 Å². The standard InChI is InChI=1S/C7H9F2N3O/c1-13-4-2-3(10)7(11)12-5(4)6(8)9/h2,6H,10H2,1H3,(H2,11,12). The summed E-state index contributed by atoms with van der Waals surface area (Å²) in [5, 5.41) is 0. The van der Waals surface area contributed by atoms with Gasteiger partial charge in [0.25, 0.3) is 6.43 Å². The number of pyridine rings is 1. The number of alkyl halides is 2. The summed E-state index contributed by atoms with van der Waals surface area (Å²) in [6.07, 6.45) is -2.72. The fourth-order valence-corrected chi connectivity index (χ4v) is 0.858. The molecule has 0 amide bonds. The van der Waals surface area contributed by atoms with Crippen molar-refractivity contribution in [2.75, 3.05) is 18.6 Å². The summed E-state index contributed by atoms with van der Waals surface area (Å²) in [5.74, 6) is -0.169. The van der Waals surface area contributed by atoms with E-state index >= 15 is 0 Å². The molecule has 4 nitrogen and oxygen atoms in total. The molecule has 13 heavy (non-hydrogen) atoms. The van der Waals surface area contributed by atoms with Crippen LogP contribution in [0.4, 0.5) is 20.3 Å². The Labute approximate surface area is 73.5 Å². The summed E-state index contributed by atoms with van der Waals surface area (Å²) in [6, 6.07) is 1.23. The van der Waals surface area contributed by atoms with Crippen molar-refractivity contribution in [2.45, 2.75) is 6.43 Å². The van der Waals surface area contributed by atoms with Gasteiger partial charge in [0.1, 0.15) is 11.6 Å². The Balaban J connectivity index is 3.25. The third-order valence-corrected chi connectivity index (χ3v) is 1.50. The summed E-state index contributed by atoms with van der Waals surface area (Å²) in [7, 11) is 1.26. The number of halogens is 2. The number of nitrogen functional groups attached to an aromatic ring is 2. The van der Waals surface area contributed by atoms with Crippen LogP contribution in [0.2, 0.25) is 0 Å². The van der Waals surface area contributed by atoms with Gasteiger partial charge in [-0.05, 0) is 0 Å². The zero-order valence-electron chi connectivity index (χ0n) is 6.92. The third kappa shape index (κ3) is 1.77. The molecule has 1 rings (SSSR count). The molecule has 0 aromatic carbocycles. The van der Waals surface area contributed by atoms with Gasteiger partial charge in [0.2, 0.25) is 0 Å². The number of aromatic nitrogens is 1. The van der Waals surface area contributed by atoms with E-state index in [4.69, 9.17) is 11.5 Å². The molecule has 0 aliphatic carbocycles. The molecule has 0 fully saturated rings. The van der Waals surface area contributed by atoms with Crippen LogP contribution in [-0.4, -0.2) is 12.1 Å². The van der Waals surface area contributed by atoms with E-state index in [9.17, 15) is 8.78 Å². The van der Waals surface area contributed by atoms with Crippen LogP contribution in [0.15, 0.2) is 6.07 Å². The molecule has 0 atom stereocenters. The Morgan fingerprint density at radius 2 is 2.08 bits per heavy atom. The van der Waals surface area contributed by atoms with Gasteiger partial charge in [-0.15, -0.1) is 0 Å². The number of anilines is 2. The first kappa shape index (κ1) is 9.50. The Morgan fingerprint density at radius 3 is 2.54 bits per heavy atom. The highest BCUT2D eigenvalue weighted by Gasteiger charge is 2.17. The maximum absolute atomic E-state index is 12.3. The number of rotatable bonds is 2. The van der Waals surface area contributed by atoms with Crippen molar-refractivity contribution in [1.82, 2.24) is 4.98 Å². The molecule has 0 aliphatic heterocycles. The molecule has 0 unspecified atom stereocenters. The first-order valence-electron chi connectivity index (χ1n) is 3.44. The zero-order chi connectivity index (χ0) is 10.0. The average Bonchev–Trinajstić information content (AvgIpc) is 2.08.